The van der Waals surface area contributed by atoms with Crippen molar-refractivity contribution in [3.05, 3.63) is 57.9 Å². The van der Waals surface area contributed by atoms with Gasteiger partial charge < -0.3 is 5.73 Å². The molecule has 0 aliphatic heterocycles. The van der Waals surface area contributed by atoms with Crippen molar-refractivity contribution in [2.24, 2.45) is 0 Å². The van der Waals surface area contributed by atoms with E-state index in [0.717, 1.165) is 0 Å². The molecule has 3 nitrogen and oxygen atoms in total. The molecule has 1 heterocycles. The Morgan fingerprint density at radius 3 is 2.83 bits per heavy atom. The van der Waals surface area contributed by atoms with Crippen LogP contribution in [0.25, 0.3) is 0 Å². The average Bonchev–Trinajstić information content (AvgIpc) is 2.35. The second kappa shape index (κ2) is 5.27. The van der Waals surface area contributed by atoms with Gasteiger partial charge in [-0.25, -0.2) is 9.37 Å². The maximum absolute atomic E-state index is 13.4. The van der Waals surface area contributed by atoms with Gasteiger partial charge in [-0.3, -0.25) is 4.79 Å². The fraction of sp³-hybridized carbons (Fsp3) is 0.0769. The van der Waals surface area contributed by atoms with E-state index in [2.05, 4.69) is 20.9 Å². The monoisotopic (exact) mass is 308 g/mol. The zero-order valence-corrected chi connectivity index (χ0v) is 10.9. The molecule has 0 unspecified atom stereocenters. The molecule has 0 aliphatic rings. The summed E-state index contributed by atoms with van der Waals surface area (Å²) in [4.78, 5) is 15.9. The van der Waals surface area contributed by atoms with Crippen LogP contribution < -0.4 is 5.73 Å². The summed E-state index contributed by atoms with van der Waals surface area (Å²) in [5.41, 5.74) is 6.28. The van der Waals surface area contributed by atoms with Crippen LogP contribution in [0.15, 0.2) is 41.0 Å². The van der Waals surface area contributed by atoms with Gasteiger partial charge >= 0.3 is 0 Å². The molecule has 18 heavy (non-hydrogen) atoms. The summed E-state index contributed by atoms with van der Waals surface area (Å²) in [6, 6.07) is 7.76. The van der Waals surface area contributed by atoms with Crippen LogP contribution in [-0.2, 0) is 6.42 Å². The average molecular weight is 309 g/mol. The lowest BCUT2D eigenvalue weighted by atomic mass is 10.0. The summed E-state index contributed by atoms with van der Waals surface area (Å²) >= 11 is 3.22. The topological polar surface area (TPSA) is 56.0 Å². The second-order valence-electron chi connectivity index (χ2n) is 3.78. The number of pyridine rings is 1. The highest BCUT2D eigenvalue weighted by Crippen LogP contribution is 2.18. The molecule has 0 amide bonds. The van der Waals surface area contributed by atoms with E-state index in [1.54, 1.807) is 24.3 Å². The molecule has 2 rings (SSSR count). The first-order valence-corrected chi connectivity index (χ1v) is 6.05. The third kappa shape index (κ3) is 2.73. The largest absolute Gasteiger partial charge is 0.383 e. The van der Waals surface area contributed by atoms with Crippen LogP contribution in [-0.4, -0.2) is 10.8 Å². The van der Waals surface area contributed by atoms with Crippen molar-refractivity contribution in [3.63, 3.8) is 0 Å². The number of carbonyl (C=O) groups excluding carboxylic acids is 1. The molecule has 0 saturated carbocycles. The van der Waals surface area contributed by atoms with Crippen molar-refractivity contribution in [2.45, 2.75) is 6.42 Å². The minimum absolute atomic E-state index is 0.0327. The summed E-state index contributed by atoms with van der Waals surface area (Å²) < 4.78 is 14.1. The number of rotatable bonds is 3. The number of Topliss-reactive ketones (excluding diaryl/α,β-unsaturated/α-hetero) is 1. The Kier molecular flexibility index (Phi) is 3.72. The normalized spacial score (nSPS) is 10.3. The van der Waals surface area contributed by atoms with E-state index >= 15 is 0 Å². The first kappa shape index (κ1) is 12.7. The van der Waals surface area contributed by atoms with Gasteiger partial charge in [0, 0.05) is 17.1 Å². The van der Waals surface area contributed by atoms with Crippen molar-refractivity contribution < 1.29 is 9.18 Å². The van der Waals surface area contributed by atoms with Crippen molar-refractivity contribution in [1.29, 1.82) is 0 Å². The summed E-state index contributed by atoms with van der Waals surface area (Å²) in [5, 5.41) is 0. The second-order valence-corrected chi connectivity index (χ2v) is 4.69. The highest BCUT2D eigenvalue weighted by Gasteiger charge is 2.14. The lowest BCUT2D eigenvalue weighted by Crippen LogP contribution is -2.09. The summed E-state index contributed by atoms with van der Waals surface area (Å²) in [5.74, 6) is -0.502. The highest BCUT2D eigenvalue weighted by atomic mass is 79.9. The predicted molar refractivity (Wildman–Crippen MR) is 70.8 cm³/mol. The Labute approximate surface area is 112 Å². The predicted octanol–water partition coefficient (Wildman–Crippen LogP) is 2.99. The minimum atomic E-state index is -0.396. The van der Waals surface area contributed by atoms with E-state index in [1.807, 2.05) is 0 Å². The number of hydrogen-bond donors (Lipinski definition) is 1. The summed E-state index contributed by atoms with van der Waals surface area (Å²) in [6.07, 6.45) is 1.48. The Hall–Kier alpha value is -1.75. The molecule has 1 aromatic carbocycles. The highest BCUT2D eigenvalue weighted by molar-refractivity contribution is 9.10. The van der Waals surface area contributed by atoms with Gasteiger partial charge in [-0.15, -0.1) is 0 Å². The number of anilines is 1. The molecule has 5 heteroatoms. The van der Waals surface area contributed by atoms with Gasteiger partial charge in [-0.1, -0.05) is 18.2 Å². The molecule has 0 bridgehead atoms. The van der Waals surface area contributed by atoms with Crippen LogP contribution in [0.4, 0.5) is 10.2 Å². The van der Waals surface area contributed by atoms with Crippen LogP contribution in [0.3, 0.4) is 0 Å². The van der Waals surface area contributed by atoms with E-state index in [0.29, 0.717) is 15.6 Å². The smallest absolute Gasteiger partial charge is 0.171 e. The van der Waals surface area contributed by atoms with Gasteiger partial charge in [0.1, 0.15) is 11.6 Å². The first-order chi connectivity index (χ1) is 8.58. The lowest BCUT2D eigenvalue weighted by molar-refractivity contribution is 0.0992. The molecule has 2 N–H and O–H groups in total. The standard InChI is InChI=1S/C13H10BrFN2O/c14-9-6-10(13(16)17-7-9)12(18)5-8-3-1-2-4-11(8)15/h1-4,6-7H,5H2,(H2,16,17). The zero-order chi connectivity index (χ0) is 13.1. The molecular weight excluding hydrogens is 299 g/mol. The number of halogens is 2. The fourth-order valence-corrected chi connectivity index (χ4v) is 1.91. The molecule has 0 spiro atoms. The number of carbonyl (C=O) groups is 1. The van der Waals surface area contributed by atoms with Crippen molar-refractivity contribution in [1.82, 2.24) is 4.98 Å². The van der Waals surface area contributed by atoms with Crippen molar-refractivity contribution in [2.75, 3.05) is 5.73 Å². The molecule has 2 aromatic rings. The first-order valence-electron chi connectivity index (χ1n) is 5.25. The van der Waals surface area contributed by atoms with Crippen LogP contribution in [0.5, 0.6) is 0 Å². The SMILES string of the molecule is Nc1ncc(Br)cc1C(=O)Cc1ccccc1F. The van der Waals surface area contributed by atoms with Gasteiger partial charge in [0.2, 0.25) is 0 Å². The Balaban J connectivity index is 2.28. The molecule has 0 aliphatic carbocycles. The van der Waals surface area contributed by atoms with Crippen molar-refractivity contribution >= 4 is 27.5 Å². The number of nitrogens with zero attached hydrogens (tertiary/aromatic N) is 1. The van der Waals surface area contributed by atoms with Gasteiger partial charge in [-0.2, -0.15) is 0 Å². The number of aromatic nitrogens is 1. The van der Waals surface area contributed by atoms with E-state index in [1.165, 1.54) is 12.3 Å². The minimum Gasteiger partial charge on any atom is -0.383 e. The number of ketones is 1. The van der Waals surface area contributed by atoms with Crippen LogP contribution >= 0.6 is 15.9 Å². The molecule has 1 aromatic heterocycles. The Bertz CT molecular complexity index is 601. The number of benzene rings is 1. The van der Waals surface area contributed by atoms with Gasteiger partial charge in [0.15, 0.2) is 5.78 Å². The maximum Gasteiger partial charge on any atom is 0.171 e. The molecule has 92 valence electrons. The molecule has 0 radical (unpaired) electrons. The van der Waals surface area contributed by atoms with Gasteiger partial charge in [-0.05, 0) is 33.6 Å². The fourth-order valence-electron chi connectivity index (χ4n) is 1.58. The zero-order valence-electron chi connectivity index (χ0n) is 9.36. The van der Waals surface area contributed by atoms with E-state index in [9.17, 15) is 9.18 Å². The quantitative estimate of drug-likeness (QED) is 0.887. The molecular formula is C13H10BrFN2O. The van der Waals surface area contributed by atoms with E-state index < -0.39 is 5.82 Å². The van der Waals surface area contributed by atoms with E-state index in [4.69, 9.17) is 5.73 Å². The third-order valence-corrected chi connectivity index (χ3v) is 2.93. The van der Waals surface area contributed by atoms with Gasteiger partial charge in [0.25, 0.3) is 0 Å². The molecule has 0 atom stereocenters. The molecule has 0 saturated heterocycles. The Morgan fingerprint density at radius 2 is 2.11 bits per heavy atom. The molecule has 0 fully saturated rings. The number of nitrogens with two attached hydrogens (primary N) is 1. The number of hydrogen-bond acceptors (Lipinski definition) is 3. The summed E-state index contributed by atoms with van der Waals surface area (Å²) in [7, 11) is 0. The Morgan fingerprint density at radius 1 is 1.39 bits per heavy atom. The van der Waals surface area contributed by atoms with Crippen LogP contribution in [0.2, 0.25) is 0 Å². The number of nitrogen functional groups attached to an aromatic ring is 1. The van der Waals surface area contributed by atoms with Crippen LogP contribution in [0.1, 0.15) is 15.9 Å². The van der Waals surface area contributed by atoms with Gasteiger partial charge in [0.05, 0.1) is 5.56 Å². The van der Waals surface area contributed by atoms with Crippen molar-refractivity contribution in [3.8, 4) is 0 Å². The summed E-state index contributed by atoms with van der Waals surface area (Å²) in [6.45, 7) is 0. The lowest BCUT2D eigenvalue weighted by Gasteiger charge is -2.05. The van der Waals surface area contributed by atoms with Crippen LogP contribution in [0, 0.1) is 5.82 Å². The third-order valence-electron chi connectivity index (χ3n) is 2.49. The van der Waals surface area contributed by atoms with E-state index in [-0.39, 0.29) is 18.0 Å². The maximum atomic E-state index is 13.4.